The van der Waals surface area contributed by atoms with Gasteiger partial charge in [0.1, 0.15) is 4.83 Å². The summed E-state index contributed by atoms with van der Waals surface area (Å²) in [6.45, 7) is 0. The highest BCUT2D eigenvalue weighted by molar-refractivity contribution is 7.98. The number of thiophene rings is 1. The first-order valence-corrected chi connectivity index (χ1v) is 10.2. The van der Waals surface area contributed by atoms with E-state index in [0.717, 1.165) is 35.0 Å². The number of nitrogens with zero attached hydrogens (tertiary/aromatic N) is 2. The standard InChI is InChI=1S/C19H18N2O3S2/c1-21-17(22)15-13-7-4-8-14(13)26-16(15)20-19(21)25-10-11-5-3-6-12(9-11)18(23)24-2/h3,5-6,9H,4,7-8,10H2,1-2H3. The van der Waals surface area contributed by atoms with Crippen LogP contribution >= 0.6 is 23.1 Å². The number of methoxy groups -OCH3 is 1. The molecule has 1 aliphatic rings. The summed E-state index contributed by atoms with van der Waals surface area (Å²) in [6, 6.07) is 7.33. The number of rotatable bonds is 4. The van der Waals surface area contributed by atoms with E-state index in [1.807, 2.05) is 18.2 Å². The van der Waals surface area contributed by atoms with Gasteiger partial charge in [-0.15, -0.1) is 11.3 Å². The van der Waals surface area contributed by atoms with Crippen molar-refractivity contribution in [3.05, 3.63) is 56.2 Å². The fourth-order valence-corrected chi connectivity index (χ4v) is 5.51. The Bertz CT molecular complexity index is 1070. The van der Waals surface area contributed by atoms with Crippen molar-refractivity contribution in [3.63, 3.8) is 0 Å². The normalized spacial score (nSPS) is 13.2. The molecule has 0 saturated carbocycles. The Kier molecular flexibility index (Phi) is 4.58. The quantitative estimate of drug-likeness (QED) is 0.390. The molecule has 5 nitrogen and oxygen atoms in total. The minimum Gasteiger partial charge on any atom is -0.465 e. The number of thioether (sulfide) groups is 1. The van der Waals surface area contributed by atoms with Crippen LogP contribution in [0.4, 0.5) is 0 Å². The average molecular weight is 386 g/mol. The summed E-state index contributed by atoms with van der Waals surface area (Å²) < 4.78 is 6.41. The Morgan fingerprint density at radius 2 is 2.23 bits per heavy atom. The van der Waals surface area contributed by atoms with Crippen LogP contribution in [0, 0.1) is 0 Å². The molecule has 0 N–H and O–H groups in total. The Morgan fingerprint density at radius 3 is 3.04 bits per heavy atom. The van der Waals surface area contributed by atoms with Gasteiger partial charge < -0.3 is 4.74 Å². The summed E-state index contributed by atoms with van der Waals surface area (Å²) in [7, 11) is 3.15. The monoisotopic (exact) mass is 386 g/mol. The Morgan fingerprint density at radius 1 is 1.38 bits per heavy atom. The molecule has 0 fully saturated rings. The molecule has 0 atom stereocenters. The molecule has 0 spiro atoms. The summed E-state index contributed by atoms with van der Waals surface area (Å²) in [6.07, 6.45) is 3.18. The summed E-state index contributed by atoms with van der Waals surface area (Å²) in [4.78, 5) is 31.4. The number of fused-ring (bicyclic) bond motifs is 3. The van der Waals surface area contributed by atoms with E-state index in [1.165, 1.54) is 29.3 Å². The van der Waals surface area contributed by atoms with Crippen molar-refractivity contribution in [2.45, 2.75) is 30.2 Å². The molecule has 26 heavy (non-hydrogen) atoms. The van der Waals surface area contributed by atoms with Crippen LogP contribution in [0.1, 0.15) is 32.8 Å². The van der Waals surface area contributed by atoms with Crippen molar-refractivity contribution in [2.24, 2.45) is 7.05 Å². The van der Waals surface area contributed by atoms with Gasteiger partial charge in [-0.3, -0.25) is 9.36 Å². The lowest BCUT2D eigenvalue weighted by molar-refractivity contribution is 0.0600. The van der Waals surface area contributed by atoms with E-state index in [4.69, 9.17) is 9.72 Å². The van der Waals surface area contributed by atoms with Crippen LogP contribution in [-0.4, -0.2) is 22.6 Å². The van der Waals surface area contributed by atoms with Crippen LogP contribution in [0.3, 0.4) is 0 Å². The number of hydrogen-bond acceptors (Lipinski definition) is 6. The van der Waals surface area contributed by atoms with E-state index < -0.39 is 0 Å². The highest BCUT2D eigenvalue weighted by atomic mass is 32.2. The molecule has 2 heterocycles. The van der Waals surface area contributed by atoms with Crippen LogP contribution < -0.4 is 5.56 Å². The fraction of sp³-hybridized carbons (Fsp3) is 0.316. The summed E-state index contributed by atoms with van der Waals surface area (Å²) in [5.74, 6) is 0.277. The zero-order valence-corrected chi connectivity index (χ0v) is 16.2. The fourth-order valence-electron chi connectivity index (χ4n) is 3.29. The second-order valence-electron chi connectivity index (χ2n) is 6.28. The first kappa shape index (κ1) is 17.3. The van der Waals surface area contributed by atoms with Crippen molar-refractivity contribution in [1.82, 2.24) is 9.55 Å². The maximum absolute atomic E-state index is 12.8. The van der Waals surface area contributed by atoms with Crippen molar-refractivity contribution >= 4 is 39.3 Å². The van der Waals surface area contributed by atoms with Crippen molar-refractivity contribution in [1.29, 1.82) is 0 Å². The molecule has 7 heteroatoms. The predicted octanol–water partition coefficient (Wildman–Crippen LogP) is 3.56. The maximum atomic E-state index is 12.8. The summed E-state index contributed by atoms with van der Waals surface area (Å²) >= 11 is 3.16. The van der Waals surface area contributed by atoms with E-state index >= 15 is 0 Å². The Hall–Kier alpha value is -2.12. The SMILES string of the molecule is COC(=O)c1cccc(CSc2nc3sc4c(c3c(=O)n2C)CCC4)c1. The molecule has 0 aliphatic heterocycles. The first-order valence-electron chi connectivity index (χ1n) is 8.40. The number of aromatic nitrogens is 2. The number of hydrogen-bond donors (Lipinski definition) is 0. The van der Waals surface area contributed by atoms with E-state index in [-0.39, 0.29) is 11.5 Å². The number of esters is 1. The molecule has 0 unspecified atom stereocenters. The molecule has 134 valence electrons. The van der Waals surface area contributed by atoms with Gasteiger partial charge in [-0.05, 0) is 42.5 Å². The van der Waals surface area contributed by atoms with Gasteiger partial charge in [0.05, 0.1) is 18.1 Å². The Balaban J connectivity index is 1.63. The number of aryl methyl sites for hydroxylation is 2. The summed E-state index contributed by atoms with van der Waals surface area (Å²) in [5.41, 5.74) is 2.76. The molecule has 1 aliphatic carbocycles. The van der Waals surface area contributed by atoms with Gasteiger partial charge >= 0.3 is 5.97 Å². The molecule has 2 aromatic heterocycles. The van der Waals surface area contributed by atoms with Crippen molar-refractivity contribution < 1.29 is 9.53 Å². The lowest BCUT2D eigenvalue weighted by atomic mass is 10.1. The second kappa shape index (κ2) is 6.89. The van der Waals surface area contributed by atoms with Crippen LogP contribution in [0.15, 0.2) is 34.2 Å². The minimum absolute atomic E-state index is 0.0419. The molecule has 1 aromatic carbocycles. The molecule has 0 amide bonds. The first-order chi connectivity index (χ1) is 12.6. The molecular weight excluding hydrogens is 368 g/mol. The van der Waals surface area contributed by atoms with E-state index in [2.05, 4.69) is 0 Å². The number of carbonyl (C=O) groups is 1. The highest BCUT2D eigenvalue weighted by Gasteiger charge is 2.22. The number of ether oxygens (including phenoxy) is 1. The molecular formula is C19H18N2O3S2. The van der Waals surface area contributed by atoms with Gasteiger partial charge in [-0.2, -0.15) is 0 Å². The predicted molar refractivity (Wildman–Crippen MR) is 104 cm³/mol. The third-order valence-electron chi connectivity index (χ3n) is 4.62. The molecule has 3 aromatic rings. The van der Waals surface area contributed by atoms with E-state index in [0.29, 0.717) is 16.5 Å². The topological polar surface area (TPSA) is 61.2 Å². The molecule has 0 bridgehead atoms. The smallest absolute Gasteiger partial charge is 0.337 e. The number of benzene rings is 1. The number of carbonyl (C=O) groups excluding carboxylic acids is 1. The average Bonchev–Trinajstić information content (AvgIpc) is 3.23. The lowest BCUT2D eigenvalue weighted by Gasteiger charge is -2.08. The van der Waals surface area contributed by atoms with Gasteiger partial charge in [0.25, 0.3) is 5.56 Å². The van der Waals surface area contributed by atoms with Gasteiger partial charge in [0.15, 0.2) is 5.16 Å². The van der Waals surface area contributed by atoms with Crippen LogP contribution in [0.25, 0.3) is 10.2 Å². The van der Waals surface area contributed by atoms with Crippen LogP contribution in [0.5, 0.6) is 0 Å². The van der Waals surface area contributed by atoms with Gasteiger partial charge in [0.2, 0.25) is 0 Å². The lowest BCUT2D eigenvalue weighted by Crippen LogP contribution is -2.20. The summed E-state index contributed by atoms with van der Waals surface area (Å²) in [5, 5.41) is 1.51. The van der Waals surface area contributed by atoms with Gasteiger partial charge in [0, 0.05) is 17.7 Å². The molecule has 0 saturated heterocycles. The van der Waals surface area contributed by atoms with Crippen molar-refractivity contribution in [3.8, 4) is 0 Å². The van der Waals surface area contributed by atoms with E-state index in [1.54, 1.807) is 29.0 Å². The van der Waals surface area contributed by atoms with E-state index in [9.17, 15) is 9.59 Å². The highest BCUT2D eigenvalue weighted by Crippen LogP contribution is 2.35. The third-order valence-corrected chi connectivity index (χ3v) is 6.91. The van der Waals surface area contributed by atoms with Crippen LogP contribution in [-0.2, 0) is 30.4 Å². The van der Waals surface area contributed by atoms with Crippen molar-refractivity contribution in [2.75, 3.05) is 7.11 Å². The zero-order valence-electron chi connectivity index (χ0n) is 14.6. The van der Waals surface area contributed by atoms with Gasteiger partial charge in [-0.25, -0.2) is 9.78 Å². The maximum Gasteiger partial charge on any atom is 0.337 e. The van der Waals surface area contributed by atoms with Gasteiger partial charge in [-0.1, -0.05) is 23.9 Å². The zero-order chi connectivity index (χ0) is 18.3. The largest absolute Gasteiger partial charge is 0.465 e. The molecule has 0 radical (unpaired) electrons. The third kappa shape index (κ3) is 2.95. The second-order valence-corrected chi connectivity index (χ2v) is 8.30. The van der Waals surface area contributed by atoms with Crippen LogP contribution in [0.2, 0.25) is 0 Å². The molecule has 4 rings (SSSR count). The minimum atomic E-state index is -0.350. The Labute approximate surface area is 159 Å².